The van der Waals surface area contributed by atoms with Gasteiger partial charge in [-0.2, -0.15) is 0 Å². The van der Waals surface area contributed by atoms with Crippen LogP contribution in [-0.2, 0) is 0 Å². The van der Waals surface area contributed by atoms with Crippen molar-refractivity contribution in [3.63, 3.8) is 0 Å². The number of rotatable bonds is 6. The van der Waals surface area contributed by atoms with Gasteiger partial charge in [-0.1, -0.05) is 43.3 Å². The Hall–Kier alpha value is -1.96. The van der Waals surface area contributed by atoms with E-state index in [1.165, 1.54) is 11.1 Å². The van der Waals surface area contributed by atoms with E-state index in [1.807, 2.05) is 36.4 Å². The first-order valence-corrected chi connectivity index (χ1v) is 7.03. The zero-order chi connectivity index (χ0) is 14.4. The van der Waals surface area contributed by atoms with Crippen LogP contribution in [0, 0.1) is 19.8 Å². The summed E-state index contributed by atoms with van der Waals surface area (Å²) < 4.78 is 11.7. The first-order valence-electron chi connectivity index (χ1n) is 7.03. The van der Waals surface area contributed by atoms with E-state index in [0.717, 1.165) is 11.5 Å². The molecule has 0 aliphatic heterocycles. The summed E-state index contributed by atoms with van der Waals surface area (Å²) in [5.41, 5.74) is 2.33. The van der Waals surface area contributed by atoms with Crippen LogP contribution in [-0.4, -0.2) is 13.2 Å². The van der Waals surface area contributed by atoms with Gasteiger partial charge in [0.05, 0.1) is 13.2 Å². The van der Waals surface area contributed by atoms with Gasteiger partial charge in [0.2, 0.25) is 0 Å². The Morgan fingerprint density at radius 1 is 0.750 bits per heavy atom. The third kappa shape index (κ3) is 4.02. The third-order valence-electron chi connectivity index (χ3n) is 3.23. The smallest absolute Gasteiger partial charge is 0.122 e. The van der Waals surface area contributed by atoms with Gasteiger partial charge < -0.3 is 9.47 Å². The molecule has 106 valence electrons. The summed E-state index contributed by atoms with van der Waals surface area (Å²) in [5.74, 6) is 2.25. The summed E-state index contributed by atoms with van der Waals surface area (Å²) in [6.45, 7) is 7.58. The summed E-state index contributed by atoms with van der Waals surface area (Å²) in [5, 5.41) is 0. The van der Waals surface area contributed by atoms with Gasteiger partial charge in [0.15, 0.2) is 0 Å². The van der Waals surface area contributed by atoms with Crippen LogP contribution in [0.3, 0.4) is 0 Å². The molecule has 0 amide bonds. The Bertz CT molecular complexity index is 499. The predicted molar refractivity (Wildman–Crippen MR) is 82.5 cm³/mol. The summed E-state index contributed by atoms with van der Waals surface area (Å²) >= 11 is 0. The Morgan fingerprint density at radius 3 is 1.55 bits per heavy atom. The fourth-order valence-electron chi connectivity index (χ4n) is 1.95. The molecule has 2 aromatic rings. The van der Waals surface area contributed by atoms with Crippen molar-refractivity contribution in [1.29, 1.82) is 0 Å². The molecule has 0 atom stereocenters. The molecule has 20 heavy (non-hydrogen) atoms. The molecule has 2 heteroatoms. The molecule has 0 saturated carbocycles. The van der Waals surface area contributed by atoms with E-state index in [1.54, 1.807) is 0 Å². The van der Waals surface area contributed by atoms with E-state index >= 15 is 0 Å². The van der Waals surface area contributed by atoms with Crippen molar-refractivity contribution in [3.05, 3.63) is 59.7 Å². The number of ether oxygens (including phenoxy) is 2. The molecule has 2 nitrogen and oxygen atoms in total. The fraction of sp³-hybridized carbons (Fsp3) is 0.333. The van der Waals surface area contributed by atoms with E-state index in [4.69, 9.17) is 9.47 Å². The van der Waals surface area contributed by atoms with E-state index in [2.05, 4.69) is 32.9 Å². The summed E-state index contributed by atoms with van der Waals surface area (Å²) in [4.78, 5) is 0. The van der Waals surface area contributed by atoms with Gasteiger partial charge in [-0.15, -0.1) is 0 Å². The quantitative estimate of drug-likeness (QED) is 0.774. The van der Waals surface area contributed by atoms with Crippen molar-refractivity contribution in [3.8, 4) is 11.5 Å². The van der Waals surface area contributed by atoms with Crippen LogP contribution >= 0.6 is 0 Å². The van der Waals surface area contributed by atoms with Gasteiger partial charge in [-0.05, 0) is 37.1 Å². The fourth-order valence-corrected chi connectivity index (χ4v) is 1.95. The van der Waals surface area contributed by atoms with Gasteiger partial charge >= 0.3 is 0 Å². The summed E-state index contributed by atoms with van der Waals surface area (Å²) in [7, 11) is 0. The number of benzene rings is 2. The second-order valence-corrected chi connectivity index (χ2v) is 5.26. The molecule has 0 aliphatic carbocycles. The third-order valence-corrected chi connectivity index (χ3v) is 3.23. The highest BCUT2D eigenvalue weighted by Gasteiger charge is 2.07. The lowest BCUT2D eigenvalue weighted by atomic mass is 10.2. The van der Waals surface area contributed by atoms with E-state index in [9.17, 15) is 0 Å². The minimum absolute atomic E-state index is 0.342. The van der Waals surface area contributed by atoms with Crippen molar-refractivity contribution in [2.24, 2.45) is 5.92 Å². The molecule has 0 heterocycles. The van der Waals surface area contributed by atoms with Crippen LogP contribution in [0.5, 0.6) is 11.5 Å². The lowest BCUT2D eigenvalue weighted by molar-refractivity contribution is 0.187. The molecule has 0 aliphatic rings. The van der Waals surface area contributed by atoms with Crippen LogP contribution in [0.1, 0.15) is 18.1 Å². The number of para-hydroxylation sites is 2. The maximum absolute atomic E-state index is 5.84. The summed E-state index contributed by atoms with van der Waals surface area (Å²) in [6.07, 6.45) is 0. The second kappa shape index (κ2) is 6.99. The Labute approximate surface area is 121 Å². The highest BCUT2D eigenvalue weighted by molar-refractivity contribution is 5.32. The molecule has 0 fully saturated rings. The second-order valence-electron chi connectivity index (χ2n) is 5.26. The number of aryl methyl sites for hydroxylation is 2. The number of hydrogen-bond acceptors (Lipinski definition) is 2. The predicted octanol–water partition coefficient (Wildman–Crippen LogP) is 4.40. The van der Waals surface area contributed by atoms with Crippen molar-refractivity contribution in [2.75, 3.05) is 13.2 Å². The lowest BCUT2D eigenvalue weighted by Crippen LogP contribution is -2.17. The average Bonchev–Trinajstić information content (AvgIpc) is 2.45. The Balaban J connectivity index is 1.80. The summed E-state index contributed by atoms with van der Waals surface area (Å²) in [6, 6.07) is 16.2. The molecular weight excluding hydrogens is 248 g/mol. The van der Waals surface area contributed by atoms with Gasteiger partial charge in [0.1, 0.15) is 11.5 Å². The first-order chi connectivity index (χ1) is 9.66. The Morgan fingerprint density at radius 2 is 1.15 bits per heavy atom. The molecule has 2 rings (SSSR count). The van der Waals surface area contributed by atoms with Crippen molar-refractivity contribution < 1.29 is 9.47 Å². The normalized spacial score (nSPS) is 10.6. The minimum atomic E-state index is 0.342. The molecule has 2 aromatic carbocycles. The number of hydrogen-bond donors (Lipinski definition) is 0. The molecule has 0 saturated heterocycles. The molecule has 0 N–H and O–H groups in total. The van der Waals surface area contributed by atoms with Gasteiger partial charge in [0, 0.05) is 5.92 Å². The highest BCUT2D eigenvalue weighted by Crippen LogP contribution is 2.19. The van der Waals surface area contributed by atoms with Crippen LogP contribution in [0.2, 0.25) is 0 Å². The first kappa shape index (κ1) is 14.4. The van der Waals surface area contributed by atoms with Crippen molar-refractivity contribution in [1.82, 2.24) is 0 Å². The molecule has 0 unspecified atom stereocenters. The van der Waals surface area contributed by atoms with Crippen molar-refractivity contribution in [2.45, 2.75) is 20.8 Å². The van der Waals surface area contributed by atoms with E-state index in [0.29, 0.717) is 19.1 Å². The SMILES string of the molecule is Cc1ccccc1OCC(C)COc1ccccc1C. The van der Waals surface area contributed by atoms with E-state index < -0.39 is 0 Å². The maximum Gasteiger partial charge on any atom is 0.122 e. The van der Waals surface area contributed by atoms with Crippen molar-refractivity contribution >= 4 is 0 Å². The molecule has 0 aromatic heterocycles. The average molecular weight is 270 g/mol. The topological polar surface area (TPSA) is 18.5 Å². The maximum atomic E-state index is 5.84. The molecule has 0 radical (unpaired) electrons. The minimum Gasteiger partial charge on any atom is -0.493 e. The standard InChI is InChI=1S/C18H22O2/c1-14(12-19-17-10-6-4-8-15(17)2)13-20-18-11-7-5-9-16(18)3/h4-11,14H,12-13H2,1-3H3. The monoisotopic (exact) mass is 270 g/mol. The molecule has 0 bridgehead atoms. The largest absolute Gasteiger partial charge is 0.493 e. The van der Waals surface area contributed by atoms with Crippen LogP contribution in [0.4, 0.5) is 0 Å². The van der Waals surface area contributed by atoms with Crippen LogP contribution in [0.15, 0.2) is 48.5 Å². The van der Waals surface area contributed by atoms with Gasteiger partial charge in [-0.25, -0.2) is 0 Å². The van der Waals surface area contributed by atoms with Crippen LogP contribution in [0.25, 0.3) is 0 Å². The zero-order valence-electron chi connectivity index (χ0n) is 12.4. The highest BCUT2D eigenvalue weighted by atomic mass is 16.5. The Kier molecular flexibility index (Phi) is 5.05. The molecule has 0 spiro atoms. The molecular formula is C18H22O2. The van der Waals surface area contributed by atoms with E-state index in [-0.39, 0.29) is 0 Å². The van der Waals surface area contributed by atoms with Gasteiger partial charge in [-0.3, -0.25) is 0 Å². The lowest BCUT2D eigenvalue weighted by Gasteiger charge is -2.16. The zero-order valence-corrected chi connectivity index (χ0v) is 12.4. The van der Waals surface area contributed by atoms with Crippen LogP contribution < -0.4 is 9.47 Å². The van der Waals surface area contributed by atoms with Gasteiger partial charge in [0.25, 0.3) is 0 Å².